The molecule has 1 rings (SSSR count). The Morgan fingerprint density at radius 2 is 1.61 bits per heavy atom. The molecule has 0 heterocycles. The molecule has 18 heavy (non-hydrogen) atoms. The normalized spacial score (nSPS) is 12.6. The number of benzene rings is 1. The Labute approximate surface area is 107 Å². The van der Waals surface area contributed by atoms with E-state index >= 15 is 0 Å². The molecular weight excluding hydrogens is 252 g/mol. The van der Waals surface area contributed by atoms with Crippen LogP contribution in [0.5, 0.6) is 0 Å². The lowest BCUT2D eigenvalue weighted by molar-refractivity contribution is -0.106. The molecule has 1 aromatic rings. The molecule has 0 aliphatic heterocycles. The summed E-state index contributed by atoms with van der Waals surface area (Å²) < 4.78 is 24.4. The van der Waals surface area contributed by atoms with Gasteiger partial charge in [0.15, 0.2) is 0 Å². The highest BCUT2D eigenvalue weighted by molar-refractivity contribution is 8.08. The summed E-state index contributed by atoms with van der Waals surface area (Å²) in [5, 5.41) is 2.09. The molecule has 0 aliphatic carbocycles. The number of nitrogens with zero attached hydrogens (tertiary/aromatic N) is 1. The lowest BCUT2D eigenvalue weighted by atomic mass is 10.1. The Bertz CT molecular complexity index is 608. The van der Waals surface area contributed by atoms with E-state index in [-0.39, 0.29) is 10.6 Å². The zero-order valence-corrected chi connectivity index (χ0v) is 11.6. The molecule has 0 atom stereocenters. The summed E-state index contributed by atoms with van der Waals surface area (Å²) in [4.78, 5) is 11.8. The van der Waals surface area contributed by atoms with Gasteiger partial charge >= 0.3 is 0 Å². The number of hydrogen-bond donors (Lipinski definition) is 1. The van der Waals surface area contributed by atoms with Crippen molar-refractivity contribution in [2.45, 2.75) is 32.6 Å². The van der Waals surface area contributed by atoms with E-state index in [1.807, 2.05) is 6.92 Å². The molecule has 0 spiro atoms. The monoisotopic (exact) mass is 268 g/mol. The standard InChI is InChI=1S/C12H16N2O3S/c1-7-5-8(2)11(9(3)6-7)18(16,17)12(15)10(4)14-13/h5-6H,13H2,1-4H3/b14-10+. The van der Waals surface area contributed by atoms with E-state index in [2.05, 4.69) is 5.10 Å². The predicted molar refractivity (Wildman–Crippen MR) is 70.1 cm³/mol. The first-order valence-electron chi connectivity index (χ1n) is 5.33. The van der Waals surface area contributed by atoms with Crippen molar-refractivity contribution in [3.8, 4) is 0 Å². The highest BCUT2D eigenvalue weighted by Gasteiger charge is 2.30. The molecule has 0 aromatic heterocycles. The Balaban J connectivity index is 3.53. The lowest BCUT2D eigenvalue weighted by Gasteiger charge is -2.10. The Hall–Kier alpha value is -1.69. The highest BCUT2D eigenvalue weighted by Crippen LogP contribution is 2.23. The topological polar surface area (TPSA) is 89.6 Å². The summed E-state index contributed by atoms with van der Waals surface area (Å²) >= 11 is 0. The molecule has 0 bridgehead atoms. The molecule has 0 radical (unpaired) electrons. The zero-order chi connectivity index (χ0) is 14.1. The second-order valence-electron chi connectivity index (χ2n) is 4.23. The first kappa shape index (κ1) is 14.4. The highest BCUT2D eigenvalue weighted by atomic mass is 32.2. The van der Waals surface area contributed by atoms with Gasteiger partial charge in [0.1, 0.15) is 5.71 Å². The van der Waals surface area contributed by atoms with Crippen LogP contribution >= 0.6 is 0 Å². The second-order valence-corrected chi connectivity index (χ2v) is 6.02. The van der Waals surface area contributed by atoms with Gasteiger partial charge in [0.25, 0.3) is 5.12 Å². The number of hydrogen-bond acceptors (Lipinski definition) is 5. The summed E-state index contributed by atoms with van der Waals surface area (Å²) in [5.41, 5.74) is 1.81. The maximum atomic E-state index is 12.2. The van der Waals surface area contributed by atoms with Gasteiger partial charge in [0, 0.05) is 0 Å². The predicted octanol–water partition coefficient (Wildman–Crippen LogP) is 1.25. The number of carbonyl (C=O) groups is 1. The van der Waals surface area contributed by atoms with Gasteiger partial charge in [-0.05, 0) is 38.8 Å². The molecular formula is C12H16N2O3S. The van der Waals surface area contributed by atoms with Crippen LogP contribution in [-0.4, -0.2) is 19.2 Å². The minimum absolute atomic E-state index is 0.0427. The summed E-state index contributed by atoms with van der Waals surface area (Å²) in [6.45, 7) is 6.47. The molecule has 0 saturated heterocycles. The Morgan fingerprint density at radius 3 is 2.00 bits per heavy atom. The molecule has 0 saturated carbocycles. The molecule has 5 nitrogen and oxygen atoms in total. The molecule has 98 valence electrons. The third-order valence-corrected chi connectivity index (χ3v) is 4.57. The van der Waals surface area contributed by atoms with Gasteiger partial charge in [0.2, 0.25) is 9.84 Å². The lowest BCUT2D eigenvalue weighted by Crippen LogP contribution is -2.24. The average Bonchev–Trinajstić information content (AvgIpc) is 2.24. The number of carbonyl (C=O) groups excluding carboxylic acids is 1. The van der Waals surface area contributed by atoms with E-state index in [1.165, 1.54) is 6.92 Å². The Kier molecular flexibility index (Phi) is 3.91. The maximum Gasteiger partial charge on any atom is 0.297 e. The molecule has 6 heteroatoms. The molecule has 2 N–H and O–H groups in total. The maximum absolute atomic E-state index is 12.2. The van der Waals surface area contributed by atoms with Crippen LogP contribution in [0.1, 0.15) is 23.6 Å². The van der Waals surface area contributed by atoms with Crippen LogP contribution < -0.4 is 5.84 Å². The third-order valence-electron chi connectivity index (χ3n) is 2.61. The Morgan fingerprint density at radius 1 is 1.17 bits per heavy atom. The second kappa shape index (κ2) is 4.89. The van der Waals surface area contributed by atoms with Crippen molar-refractivity contribution in [2.24, 2.45) is 10.9 Å². The van der Waals surface area contributed by atoms with Crippen LogP contribution in [0.4, 0.5) is 0 Å². The van der Waals surface area contributed by atoms with Crippen LogP contribution in [0, 0.1) is 20.8 Å². The minimum Gasteiger partial charge on any atom is -0.323 e. The average molecular weight is 268 g/mol. The van der Waals surface area contributed by atoms with Gasteiger partial charge in [-0.25, -0.2) is 8.42 Å². The molecule has 0 unspecified atom stereocenters. The molecule has 1 aromatic carbocycles. The van der Waals surface area contributed by atoms with Gasteiger partial charge in [-0.15, -0.1) is 0 Å². The van der Waals surface area contributed by atoms with Crippen molar-refractivity contribution in [2.75, 3.05) is 0 Å². The first-order valence-corrected chi connectivity index (χ1v) is 6.82. The minimum atomic E-state index is -4.08. The number of hydrazone groups is 1. The van der Waals surface area contributed by atoms with Crippen LogP contribution in [0.25, 0.3) is 0 Å². The fourth-order valence-corrected chi connectivity index (χ4v) is 3.52. The van der Waals surface area contributed by atoms with Gasteiger partial charge in [-0.1, -0.05) is 17.7 Å². The summed E-state index contributed by atoms with van der Waals surface area (Å²) in [6, 6.07) is 3.45. The van der Waals surface area contributed by atoms with Crippen molar-refractivity contribution in [1.82, 2.24) is 0 Å². The largest absolute Gasteiger partial charge is 0.323 e. The van der Waals surface area contributed by atoms with Crippen molar-refractivity contribution in [1.29, 1.82) is 0 Å². The molecule has 0 aliphatic rings. The summed E-state index contributed by atoms with van der Waals surface area (Å²) in [5.74, 6) is 4.95. The van der Waals surface area contributed by atoms with Gasteiger partial charge in [-0.3, -0.25) is 4.79 Å². The van der Waals surface area contributed by atoms with Crippen molar-refractivity contribution >= 4 is 20.7 Å². The van der Waals surface area contributed by atoms with Crippen LogP contribution in [0.2, 0.25) is 0 Å². The fourth-order valence-electron chi connectivity index (χ4n) is 1.93. The van der Waals surface area contributed by atoms with Gasteiger partial charge in [-0.2, -0.15) is 5.10 Å². The van der Waals surface area contributed by atoms with E-state index in [9.17, 15) is 13.2 Å². The van der Waals surface area contributed by atoms with E-state index in [0.29, 0.717) is 11.1 Å². The fraction of sp³-hybridized carbons (Fsp3) is 0.333. The number of aryl methyl sites for hydroxylation is 3. The number of sulfone groups is 1. The molecule has 0 fully saturated rings. The SMILES string of the molecule is C/C(=N\N)C(=O)S(=O)(=O)c1c(C)cc(C)cc1C. The molecule has 0 amide bonds. The van der Waals surface area contributed by atoms with Crippen molar-refractivity contribution in [3.05, 3.63) is 28.8 Å². The van der Waals surface area contributed by atoms with E-state index in [1.54, 1.807) is 26.0 Å². The van der Waals surface area contributed by atoms with Crippen LogP contribution in [0.3, 0.4) is 0 Å². The van der Waals surface area contributed by atoms with Crippen LogP contribution in [-0.2, 0) is 14.6 Å². The van der Waals surface area contributed by atoms with Gasteiger partial charge in [0.05, 0.1) is 4.90 Å². The van der Waals surface area contributed by atoms with Crippen LogP contribution in [0.15, 0.2) is 22.1 Å². The number of nitrogens with two attached hydrogens (primary N) is 1. The summed E-state index contributed by atoms with van der Waals surface area (Å²) in [7, 11) is -4.08. The van der Waals surface area contributed by atoms with E-state index in [4.69, 9.17) is 5.84 Å². The van der Waals surface area contributed by atoms with Gasteiger partial charge < -0.3 is 5.84 Å². The summed E-state index contributed by atoms with van der Waals surface area (Å²) in [6.07, 6.45) is 0. The zero-order valence-electron chi connectivity index (χ0n) is 10.8. The van der Waals surface area contributed by atoms with E-state index in [0.717, 1.165) is 5.56 Å². The number of rotatable bonds is 2. The van der Waals surface area contributed by atoms with Crippen molar-refractivity contribution in [3.63, 3.8) is 0 Å². The quantitative estimate of drug-likeness (QED) is 0.496. The third kappa shape index (κ3) is 2.43. The first-order chi connectivity index (χ1) is 8.21. The smallest absolute Gasteiger partial charge is 0.297 e. The van der Waals surface area contributed by atoms with E-state index < -0.39 is 15.0 Å². The van der Waals surface area contributed by atoms with Crippen molar-refractivity contribution < 1.29 is 13.2 Å².